The van der Waals surface area contributed by atoms with Crippen molar-refractivity contribution >= 4 is 12.0 Å². The Labute approximate surface area is 156 Å². The molecular formula is C23H28N2O. The smallest absolute Gasteiger partial charge is 0.246 e. The predicted molar refractivity (Wildman–Crippen MR) is 107 cm³/mol. The Morgan fingerprint density at radius 1 is 1.15 bits per heavy atom. The van der Waals surface area contributed by atoms with Crippen LogP contribution in [0.4, 0.5) is 0 Å². The summed E-state index contributed by atoms with van der Waals surface area (Å²) in [5.41, 5.74) is 1.27. The maximum absolute atomic E-state index is 12.8. The molecule has 2 unspecified atom stereocenters. The van der Waals surface area contributed by atoms with E-state index in [1.54, 1.807) is 6.08 Å². The molecule has 0 N–H and O–H groups in total. The second-order valence-electron chi connectivity index (χ2n) is 7.90. The Balaban J connectivity index is 1.49. The molecule has 1 aromatic rings. The predicted octanol–water partition coefficient (Wildman–Crippen LogP) is 3.75. The van der Waals surface area contributed by atoms with Crippen LogP contribution in [0.1, 0.15) is 24.8 Å². The Morgan fingerprint density at radius 3 is 2.65 bits per heavy atom. The third kappa shape index (κ3) is 3.41. The highest BCUT2D eigenvalue weighted by Crippen LogP contribution is 2.53. The molecule has 3 aliphatic rings. The SMILES string of the molecule is CN1CCN(C(=O)C=Cc2ccccc2)CC1C1(C2CC2)C=CC=CC1. The lowest BCUT2D eigenvalue weighted by atomic mass is 9.70. The van der Waals surface area contributed by atoms with Crippen molar-refractivity contribution in [2.45, 2.75) is 25.3 Å². The highest BCUT2D eigenvalue weighted by Gasteiger charge is 2.51. The minimum atomic E-state index is 0.133. The minimum Gasteiger partial charge on any atom is -0.336 e. The van der Waals surface area contributed by atoms with Crippen molar-refractivity contribution in [2.24, 2.45) is 11.3 Å². The number of nitrogens with zero attached hydrogens (tertiary/aromatic N) is 2. The van der Waals surface area contributed by atoms with Crippen LogP contribution in [-0.4, -0.2) is 48.4 Å². The first-order valence-electron chi connectivity index (χ1n) is 9.76. The van der Waals surface area contributed by atoms with Crippen molar-refractivity contribution in [2.75, 3.05) is 26.7 Å². The van der Waals surface area contributed by atoms with Gasteiger partial charge in [-0.05, 0) is 43.9 Å². The van der Waals surface area contributed by atoms with E-state index >= 15 is 0 Å². The molecule has 2 atom stereocenters. The van der Waals surface area contributed by atoms with Gasteiger partial charge in [-0.3, -0.25) is 9.69 Å². The quantitative estimate of drug-likeness (QED) is 0.774. The van der Waals surface area contributed by atoms with Crippen LogP contribution in [0, 0.1) is 11.3 Å². The fourth-order valence-electron chi connectivity index (χ4n) is 4.59. The van der Waals surface area contributed by atoms with Crippen LogP contribution in [0.25, 0.3) is 6.08 Å². The number of benzene rings is 1. The van der Waals surface area contributed by atoms with Crippen molar-refractivity contribution in [3.8, 4) is 0 Å². The van der Waals surface area contributed by atoms with Gasteiger partial charge in [-0.15, -0.1) is 0 Å². The van der Waals surface area contributed by atoms with Crippen LogP contribution in [0.2, 0.25) is 0 Å². The van der Waals surface area contributed by atoms with Gasteiger partial charge in [0.2, 0.25) is 5.91 Å². The molecule has 136 valence electrons. The molecule has 1 amide bonds. The molecule has 4 rings (SSSR count). The summed E-state index contributed by atoms with van der Waals surface area (Å²) in [5.74, 6) is 0.902. The molecular weight excluding hydrogens is 320 g/mol. The van der Waals surface area contributed by atoms with Crippen LogP contribution in [0.15, 0.2) is 60.7 Å². The van der Waals surface area contributed by atoms with Gasteiger partial charge in [0.05, 0.1) is 0 Å². The Kier molecular flexibility index (Phi) is 4.82. The zero-order chi connectivity index (χ0) is 18.0. The Morgan fingerprint density at radius 2 is 1.96 bits per heavy atom. The fourth-order valence-corrected chi connectivity index (χ4v) is 4.59. The maximum atomic E-state index is 12.8. The van der Waals surface area contributed by atoms with Gasteiger partial charge in [0, 0.05) is 37.2 Å². The number of amides is 1. The van der Waals surface area contributed by atoms with Crippen LogP contribution < -0.4 is 0 Å². The first-order chi connectivity index (χ1) is 12.7. The van der Waals surface area contributed by atoms with Crippen molar-refractivity contribution in [1.82, 2.24) is 9.80 Å². The average Bonchev–Trinajstić information content (AvgIpc) is 3.53. The lowest BCUT2D eigenvalue weighted by Gasteiger charge is -2.49. The topological polar surface area (TPSA) is 23.6 Å². The lowest BCUT2D eigenvalue weighted by Crippen LogP contribution is -2.59. The number of hydrogen-bond donors (Lipinski definition) is 0. The minimum absolute atomic E-state index is 0.133. The van der Waals surface area contributed by atoms with E-state index in [2.05, 4.69) is 36.3 Å². The van der Waals surface area contributed by atoms with Gasteiger partial charge in [-0.2, -0.15) is 0 Å². The van der Waals surface area contributed by atoms with Crippen molar-refractivity contribution < 1.29 is 4.79 Å². The van der Waals surface area contributed by atoms with Gasteiger partial charge in [-0.1, -0.05) is 54.6 Å². The third-order valence-corrected chi connectivity index (χ3v) is 6.26. The first kappa shape index (κ1) is 17.3. The second kappa shape index (κ2) is 7.24. The van der Waals surface area contributed by atoms with Gasteiger partial charge in [0.25, 0.3) is 0 Å². The van der Waals surface area contributed by atoms with Crippen molar-refractivity contribution in [1.29, 1.82) is 0 Å². The molecule has 1 aliphatic heterocycles. The molecule has 3 heteroatoms. The molecule has 0 radical (unpaired) electrons. The number of allylic oxidation sites excluding steroid dienone is 3. The molecule has 2 fully saturated rings. The largest absolute Gasteiger partial charge is 0.336 e. The van der Waals surface area contributed by atoms with E-state index in [0.29, 0.717) is 6.04 Å². The summed E-state index contributed by atoms with van der Waals surface area (Å²) in [5, 5.41) is 0. The lowest BCUT2D eigenvalue weighted by molar-refractivity contribution is -0.130. The van der Waals surface area contributed by atoms with E-state index < -0.39 is 0 Å². The highest BCUT2D eigenvalue weighted by atomic mass is 16.2. The van der Waals surface area contributed by atoms with E-state index in [-0.39, 0.29) is 11.3 Å². The van der Waals surface area contributed by atoms with E-state index in [1.165, 1.54) is 12.8 Å². The molecule has 1 aromatic carbocycles. The molecule has 0 bridgehead atoms. The summed E-state index contributed by atoms with van der Waals surface area (Å²) in [6.45, 7) is 2.58. The molecule has 0 spiro atoms. The second-order valence-corrected chi connectivity index (χ2v) is 7.90. The van der Waals surface area contributed by atoms with Crippen molar-refractivity contribution in [3.63, 3.8) is 0 Å². The fraction of sp³-hybridized carbons (Fsp3) is 0.435. The van der Waals surface area contributed by atoms with Crippen LogP contribution in [0.3, 0.4) is 0 Å². The van der Waals surface area contributed by atoms with E-state index in [1.807, 2.05) is 41.3 Å². The maximum Gasteiger partial charge on any atom is 0.246 e. The Hall–Kier alpha value is -2.13. The number of carbonyl (C=O) groups is 1. The molecule has 3 nitrogen and oxygen atoms in total. The van der Waals surface area contributed by atoms with Gasteiger partial charge in [-0.25, -0.2) is 0 Å². The van der Waals surface area contributed by atoms with E-state index in [0.717, 1.165) is 37.5 Å². The van der Waals surface area contributed by atoms with Gasteiger partial charge in [0.1, 0.15) is 0 Å². The number of carbonyl (C=O) groups excluding carboxylic acids is 1. The molecule has 1 saturated heterocycles. The summed E-state index contributed by atoms with van der Waals surface area (Å²) in [6, 6.07) is 10.4. The number of rotatable bonds is 4. The zero-order valence-corrected chi connectivity index (χ0v) is 15.6. The average molecular weight is 348 g/mol. The van der Waals surface area contributed by atoms with E-state index in [4.69, 9.17) is 0 Å². The molecule has 1 saturated carbocycles. The molecule has 1 heterocycles. The molecule has 2 aliphatic carbocycles. The first-order valence-corrected chi connectivity index (χ1v) is 9.76. The van der Waals surface area contributed by atoms with Crippen molar-refractivity contribution in [3.05, 3.63) is 66.3 Å². The normalized spacial score (nSPS) is 29.4. The zero-order valence-electron chi connectivity index (χ0n) is 15.6. The number of piperazine rings is 1. The van der Waals surface area contributed by atoms with Crippen LogP contribution >= 0.6 is 0 Å². The monoisotopic (exact) mass is 348 g/mol. The number of likely N-dealkylation sites (N-methyl/N-ethyl adjacent to an activating group) is 1. The standard InChI is InChI=1S/C23H28N2O/c1-24-16-17-25(22(26)13-10-19-8-4-2-5-9-19)18-21(24)23(20-11-12-20)14-6-3-7-15-23/h2-10,13-14,20-21H,11-12,15-18H2,1H3. The van der Waals surface area contributed by atoms with Gasteiger partial charge in [0.15, 0.2) is 0 Å². The summed E-state index contributed by atoms with van der Waals surface area (Å²) in [4.78, 5) is 17.3. The van der Waals surface area contributed by atoms with Gasteiger partial charge >= 0.3 is 0 Å². The Bertz CT molecular complexity index is 732. The summed E-state index contributed by atoms with van der Waals surface area (Å²) >= 11 is 0. The summed E-state index contributed by atoms with van der Waals surface area (Å²) < 4.78 is 0. The number of hydrogen-bond acceptors (Lipinski definition) is 2. The third-order valence-electron chi connectivity index (χ3n) is 6.26. The van der Waals surface area contributed by atoms with Gasteiger partial charge < -0.3 is 4.90 Å². The van der Waals surface area contributed by atoms with Crippen LogP contribution in [-0.2, 0) is 4.79 Å². The van der Waals surface area contributed by atoms with E-state index in [9.17, 15) is 4.79 Å². The molecule has 0 aromatic heterocycles. The highest BCUT2D eigenvalue weighted by molar-refractivity contribution is 5.91. The molecule has 26 heavy (non-hydrogen) atoms. The summed E-state index contributed by atoms with van der Waals surface area (Å²) in [7, 11) is 2.22. The van der Waals surface area contributed by atoms with Crippen LogP contribution in [0.5, 0.6) is 0 Å². The summed E-state index contributed by atoms with van der Waals surface area (Å²) in [6.07, 6.45) is 16.5.